The van der Waals surface area contributed by atoms with Crippen molar-refractivity contribution in [2.24, 2.45) is 4.99 Å². The zero-order valence-corrected chi connectivity index (χ0v) is 17.1. The van der Waals surface area contributed by atoms with Crippen molar-refractivity contribution in [3.8, 4) is 0 Å². The number of amides is 1. The molecule has 0 aliphatic heterocycles. The van der Waals surface area contributed by atoms with Gasteiger partial charge in [0.1, 0.15) is 5.60 Å². The first-order valence-corrected chi connectivity index (χ1v) is 9.24. The van der Waals surface area contributed by atoms with Gasteiger partial charge in [0.2, 0.25) is 0 Å². The van der Waals surface area contributed by atoms with E-state index in [1.807, 2.05) is 27.7 Å². The van der Waals surface area contributed by atoms with E-state index in [0.29, 0.717) is 13.2 Å². The van der Waals surface area contributed by atoms with Gasteiger partial charge in [-0.1, -0.05) is 13.8 Å². The van der Waals surface area contributed by atoms with Crippen LogP contribution < -0.4 is 16.0 Å². The normalized spacial score (nSPS) is 12.7. The molecule has 0 aromatic carbocycles. The van der Waals surface area contributed by atoms with Crippen LogP contribution in [0.2, 0.25) is 0 Å². The van der Waals surface area contributed by atoms with Crippen LogP contribution in [0.15, 0.2) is 4.99 Å². The average molecular weight is 359 g/mol. The van der Waals surface area contributed by atoms with E-state index in [4.69, 9.17) is 9.47 Å². The van der Waals surface area contributed by atoms with Gasteiger partial charge < -0.3 is 25.4 Å². The molecule has 0 aliphatic carbocycles. The van der Waals surface area contributed by atoms with E-state index in [2.05, 4.69) is 34.8 Å². The number of nitrogens with one attached hydrogen (secondary N) is 3. The van der Waals surface area contributed by atoms with Crippen molar-refractivity contribution < 1.29 is 14.3 Å². The molecule has 0 bridgehead atoms. The van der Waals surface area contributed by atoms with E-state index in [-0.39, 0.29) is 0 Å². The van der Waals surface area contributed by atoms with Gasteiger partial charge in [-0.3, -0.25) is 4.99 Å². The van der Waals surface area contributed by atoms with Gasteiger partial charge in [-0.2, -0.15) is 0 Å². The highest BCUT2D eigenvalue weighted by molar-refractivity contribution is 5.79. The van der Waals surface area contributed by atoms with Crippen molar-refractivity contribution in [3.05, 3.63) is 0 Å². The minimum Gasteiger partial charge on any atom is -0.444 e. The zero-order chi connectivity index (χ0) is 19.3. The molecule has 7 nitrogen and oxygen atoms in total. The van der Waals surface area contributed by atoms with Gasteiger partial charge >= 0.3 is 6.09 Å². The molecule has 0 atom stereocenters. The number of hydrogen-bond donors (Lipinski definition) is 3. The topological polar surface area (TPSA) is 84.0 Å². The Hall–Kier alpha value is -1.50. The van der Waals surface area contributed by atoms with Gasteiger partial charge in [-0.05, 0) is 47.0 Å². The van der Waals surface area contributed by atoms with Crippen molar-refractivity contribution >= 4 is 12.1 Å². The van der Waals surface area contributed by atoms with Crippen LogP contribution in [-0.4, -0.2) is 56.5 Å². The highest BCUT2D eigenvalue weighted by Gasteiger charge is 2.30. The van der Waals surface area contributed by atoms with Crippen LogP contribution in [0.1, 0.15) is 60.8 Å². The van der Waals surface area contributed by atoms with Gasteiger partial charge in [0.15, 0.2) is 5.96 Å². The highest BCUT2D eigenvalue weighted by Crippen LogP contribution is 2.17. The van der Waals surface area contributed by atoms with Crippen molar-refractivity contribution in [2.75, 3.05) is 33.4 Å². The number of aliphatic imine (C=N–C) groups is 1. The van der Waals surface area contributed by atoms with Crippen LogP contribution in [0.3, 0.4) is 0 Å². The van der Waals surface area contributed by atoms with Crippen LogP contribution >= 0.6 is 0 Å². The maximum absolute atomic E-state index is 12.2. The summed E-state index contributed by atoms with van der Waals surface area (Å²) in [7, 11) is 1.69. The van der Waals surface area contributed by atoms with E-state index < -0.39 is 17.2 Å². The van der Waals surface area contributed by atoms with Gasteiger partial charge in [-0.25, -0.2) is 4.79 Å². The number of hydrogen-bond acceptors (Lipinski definition) is 4. The number of ether oxygens (including phenoxy) is 2. The molecule has 0 saturated carbocycles. The Balaban J connectivity index is 4.89. The van der Waals surface area contributed by atoms with Crippen molar-refractivity contribution in [2.45, 2.75) is 71.9 Å². The fraction of sp³-hybridized carbons (Fsp3) is 0.889. The monoisotopic (exact) mass is 358 g/mol. The number of rotatable bonds is 10. The second kappa shape index (κ2) is 12.0. The summed E-state index contributed by atoms with van der Waals surface area (Å²) in [6, 6.07) is 0. The van der Waals surface area contributed by atoms with E-state index in [0.717, 1.165) is 38.3 Å². The lowest BCUT2D eigenvalue weighted by molar-refractivity contribution is 0.0452. The predicted molar refractivity (Wildman–Crippen MR) is 103 cm³/mol. The predicted octanol–water partition coefficient (Wildman–Crippen LogP) is 2.66. The fourth-order valence-electron chi connectivity index (χ4n) is 2.21. The third-order valence-electron chi connectivity index (χ3n) is 3.82. The lowest BCUT2D eigenvalue weighted by Crippen LogP contribution is -2.52. The lowest BCUT2D eigenvalue weighted by Gasteiger charge is -2.32. The first kappa shape index (κ1) is 23.5. The summed E-state index contributed by atoms with van der Waals surface area (Å²) in [5, 5.41) is 9.53. The zero-order valence-electron chi connectivity index (χ0n) is 17.1. The Kier molecular flexibility index (Phi) is 11.2. The molecule has 0 fully saturated rings. The summed E-state index contributed by atoms with van der Waals surface area (Å²) >= 11 is 0. The van der Waals surface area contributed by atoms with Crippen molar-refractivity contribution in [1.29, 1.82) is 0 Å². The van der Waals surface area contributed by atoms with E-state index in [1.165, 1.54) is 0 Å². The summed E-state index contributed by atoms with van der Waals surface area (Å²) in [6.07, 6.45) is 2.05. The molecule has 7 heteroatoms. The molecule has 1 amide bonds. The highest BCUT2D eigenvalue weighted by atomic mass is 16.6. The van der Waals surface area contributed by atoms with Crippen LogP contribution in [0.4, 0.5) is 4.79 Å². The summed E-state index contributed by atoms with van der Waals surface area (Å²) in [4.78, 5) is 16.8. The quantitative estimate of drug-likeness (QED) is 0.318. The lowest BCUT2D eigenvalue weighted by atomic mass is 9.93. The summed E-state index contributed by atoms with van der Waals surface area (Å²) in [6.45, 7) is 14.5. The number of carbonyl (C=O) groups excluding carboxylic acids is 1. The van der Waals surface area contributed by atoms with Gasteiger partial charge in [0.25, 0.3) is 0 Å². The molecule has 0 spiro atoms. The number of guanidine groups is 1. The molecular weight excluding hydrogens is 320 g/mol. The van der Waals surface area contributed by atoms with E-state index in [1.54, 1.807) is 7.11 Å². The number of alkyl carbamates (subject to hydrolysis) is 1. The van der Waals surface area contributed by atoms with Gasteiger partial charge in [0, 0.05) is 26.8 Å². The average Bonchev–Trinajstić information content (AvgIpc) is 2.53. The molecule has 0 unspecified atom stereocenters. The second-order valence-electron chi connectivity index (χ2n) is 7.08. The minimum atomic E-state index is -0.515. The maximum Gasteiger partial charge on any atom is 0.408 e. The first-order valence-electron chi connectivity index (χ1n) is 9.24. The maximum atomic E-state index is 12.2. The number of methoxy groups -OCH3 is 1. The molecule has 0 saturated heterocycles. The Morgan fingerprint density at radius 1 is 1.08 bits per heavy atom. The minimum absolute atomic E-state index is 0.399. The Labute approximate surface area is 153 Å². The SMILES string of the molecule is CCNC(=NCC(CC)(CC)NC(=O)OC(C)(C)C)NCCCOC. The molecule has 25 heavy (non-hydrogen) atoms. The standard InChI is InChI=1S/C18H38N4O3/c1-8-18(9-2,22-16(23)25-17(4,5)6)14-21-15(19-10-3)20-12-11-13-24-7/h8-14H2,1-7H3,(H,22,23)(H2,19,20,21). The number of carbonyl (C=O) groups is 1. The second-order valence-corrected chi connectivity index (χ2v) is 7.08. The van der Waals surface area contributed by atoms with Crippen LogP contribution in [0, 0.1) is 0 Å². The Bertz CT molecular complexity index is 402. The van der Waals surface area contributed by atoms with Crippen molar-refractivity contribution in [1.82, 2.24) is 16.0 Å². The molecule has 0 rings (SSSR count). The van der Waals surface area contributed by atoms with E-state index >= 15 is 0 Å². The van der Waals surface area contributed by atoms with Crippen LogP contribution in [0.5, 0.6) is 0 Å². The van der Waals surface area contributed by atoms with Gasteiger partial charge in [0.05, 0.1) is 12.1 Å². The molecule has 148 valence electrons. The summed E-state index contributed by atoms with van der Waals surface area (Å²) < 4.78 is 10.5. The molecule has 0 heterocycles. The smallest absolute Gasteiger partial charge is 0.408 e. The first-order chi connectivity index (χ1) is 11.7. The third-order valence-corrected chi connectivity index (χ3v) is 3.82. The summed E-state index contributed by atoms with van der Waals surface area (Å²) in [5.74, 6) is 0.746. The van der Waals surface area contributed by atoms with Crippen LogP contribution in [0.25, 0.3) is 0 Å². The molecule has 0 aromatic rings. The largest absolute Gasteiger partial charge is 0.444 e. The number of nitrogens with zero attached hydrogens (tertiary/aromatic N) is 1. The van der Waals surface area contributed by atoms with E-state index in [9.17, 15) is 4.79 Å². The van der Waals surface area contributed by atoms with Crippen molar-refractivity contribution in [3.63, 3.8) is 0 Å². The molecule has 3 N–H and O–H groups in total. The fourth-order valence-corrected chi connectivity index (χ4v) is 2.21. The van der Waals surface area contributed by atoms with Gasteiger partial charge in [-0.15, -0.1) is 0 Å². The summed E-state index contributed by atoms with van der Waals surface area (Å²) in [5.41, 5.74) is -0.935. The Morgan fingerprint density at radius 3 is 2.20 bits per heavy atom. The molecule has 0 radical (unpaired) electrons. The van der Waals surface area contributed by atoms with Crippen LogP contribution in [-0.2, 0) is 9.47 Å². The molecule has 0 aromatic heterocycles. The molecular formula is C18H38N4O3. The third kappa shape index (κ3) is 10.9. The molecule has 0 aliphatic rings. The Morgan fingerprint density at radius 2 is 1.72 bits per heavy atom.